The summed E-state index contributed by atoms with van der Waals surface area (Å²) >= 11 is 0. The van der Waals surface area contributed by atoms with Gasteiger partial charge in [0.1, 0.15) is 5.82 Å². The Hall–Kier alpha value is -2.80. The van der Waals surface area contributed by atoms with Crippen molar-refractivity contribution < 1.29 is 9.84 Å². The van der Waals surface area contributed by atoms with Crippen molar-refractivity contribution in [2.24, 2.45) is 0 Å². The molecule has 33 heavy (non-hydrogen) atoms. The van der Waals surface area contributed by atoms with Gasteiger partial charge in [-0.15, -0.1) is 0 Å². The second-order valence-corrected chi connectivity index (χ2v) is 8.86. The SMILES string of the molecule is COC[C@@H](O)CN1CCN(c2nc(-c3ccccc3)nc(C)c2Cc2ccc(C)cc2)CC1. The molecule has 3 aromatic rings. The van der Waals surface area contributed by atoms with E-state index in [1.807, 2.05) is 18.2 Å². The number of nitrogens with zero attached hydrogens (tertiary/aromatic N) is 4. The van der Waals surface area contributed by atoms with Crippen molar-refractivity contribution in [1.29, 1.82) is 0 Å². The highest BCUT2D eigenvalue weighted by Crippen LogP contribution is 2.28. The number of methoxy groups -OCH3 is 1. The molecule has 0 aliphatic carbocycles. The molecular weight excluding hydrogens is 412 g/mol. The van der Waals surface area contributed by atoms with E-state index in [1.54, 1.807) is 7.11 Å². The predicted octanol–water partition coefficient (Wildman–Crippen LogP) is 3.48. The lowest BCUT2D eigenvalue weighted by Gasteiger charge is -2.37. The van der Waals surface area contributed by atoms with Crippen LogP contribution in [0.5, 0.6) is 0 Å². The second kappa shape index (κ2) is 10.9. The minimum absolute atomic E-state index is 0.368. The molecule has 6 heteroatoms. The van der Waals surface area contributed by atoms with Gasteiger partial charge in [-0.3, -0.25) is 4.90 Å². The highest BCUT2D eigenvalue weighted by Gasteiger charge is 2.24. The van der Waals surface area contributed by atoms with E-state index in [9.17, 15) is 5.11 Å². The average molecular weight is 447 g/mol. The van der Waals surface area contributed by atoms with Crippen molar-refractivity contribution in [2.75, 3.05) is 51.3 Å². The molecule has 2 heterocycles. The third-order valence-corrected chi connectivity index (χ3v) is 6.23. The average Bonchev–Trinajstić information content (AvgIpc) is 2.83. The van der Waals surface area contributed by atoms with E-state index in [1.165, 1.54) is 16.7 Å². The number of aliphatic hydroxyl groups is 1. The highest BCUT2D eigenvalue weighted by atomic mass is 16.5. The molecule has 6 nitrogen and oxygen atoms in total. The summed E-state index contributed by atoms with van der Waals surface area (Å²) in [5.74, 6) is 1.80. The maximum absolute atomic E-state index is 10.1. The van der Waals surface area contributed by atoms with Crippen molar-refractivity contribution >= 4 is 5.82 Å². The van der Waals surface area contributed by atoms with Crippen LogP contribution in [0.15, 0.2) is 54.6 Å². The van der Waals surface area contributed by atoms with E-state index in [-0.39, 0.29) is 0 Å². The van der Waals surface area contributed by atoms with Crippen LogP contribution in [0.3, 0.4) is 0 Å². The molecule has 1 N–H and O–H groups in total. The van der Waals surface area contributed by atoms with Crippen molar-refractivity contribution in [3.8, 4) is 11.4 Å². The lowest BCUT2D eigenvalue weighted by molar-refractivity contribution is 0.0365. The first-order valence-corrected chi connectivity index (χ1v) is 11.7. The number of ether oxygens (including phenoxy) is 1. The number of aryl methyl sites for hydroxylation is 2. The van der Waals surface area contributed by atoms with Gasteiger partial charge in [0.25, 0.3) is 0 Å². The molecule has 0 radical (unpaired) electrons. The number of benzene rings is 2. The van der Waals surface area contributed by atoms with E-state index in [4.69, 9.17) is 14.7 Å². The summed E-state index contributed by atoms with van der Waals surface area (Å²) in [5, 5.41) is 10.1. The quantitative estimate of drug-likeness (QED) is 0.572. The lowest BCUT2D eigenvalue weighted by atomic mass is 10.0. The maximum Gasteiger partial charge on any atom is 0.161 e. The number of hydrogen-bond donors (Lipinski definition) is 1. The van der Waals surface area contributed by atoms with Gasteiger partial charge in [-0.1, -0.05) is 60.2 Å². The molecule has 1 fully saturated rings. The Bertz CT molecular complexity index is 1030. The first-order valence-electron chi connectivity index (χ1n) is 11.7. The summed E-state index contributed by atoms with van der Waals surface area (Å²) < 4.78 is 5.08. The molecule has 0 amide bonds. The first-order chi connectivity index (χ1) is 16.0. The summed E-state index contributed by atoms with van der Waals surface area (Å²) in [4.78, 5) is 14.7. The zero-order valence-corrected chi connectivity index (χ0v) is 19.9. The van der Waals surface area contributed by atoms with Crippen molar-refractivity contribution in [1.82, 2.24) is 14.9 Å². The van der Waals surface area contributed by atoms with Gasteiger partial charge in [0.2, 0.25) is 0 Å². The van der Waals surface area contributed by atoms with Gasteiger partial charge < -0.3 is 14.7 Å². The summed E-state index contributed by atoms with van der Waals surface area (Å²) in [5.41, 5.74) is 5.77. The summed E-state index contributed by atoms with van der Waals surface area (Å²) in [7, 11) is 1.62. The van der Waals surface area contributed by atoms with Crippen LogP contribution in [0, 0.1) is 13.8 Å². The van der Waals surface area contributed by atoms with Crippen LogP contribution in [-0.4, -0.2) is 72.5 Å². The fourth-order valence-electron chi connectivity index (χ4n) is 4.36. The summed E-state index contributed by atoms with van der Waals surface area (Å²) in [6.07, 6.45) is 0.355. The second-order valence-electron chi connectivity index (χ2n) is 8.86. The molecule has 1 saturated heterocycles. The van der Waals surface area contributed by atoms with Crippen LogP contribution in [0.4, 0.5) is 5.82 Å². The largest absolute Gasteiger partial charge is 0.389 e. The number of hydrogen-bond acceptors (Lipinski definition) is 6. The number of rotatable bonds is 8. The molecule has 0 spiro atoms. The van der Waals surface area contributed by atoms with Gasteiger partial charge >= 0.3 is 0 Å². The lowest BCUT2D eigenvalue weighted by Crippen LogP contribution is -2.49. The Balaban J connectivity index is 1.61. The smallest absolute Gasteiger partial charge is 0.161 e. The third kappa shape index (κ3) is 5.96. The molecule has 1 aromatic heterocycles. The maximum atomic E-state index is 10.1. The normalized spacial score (nSPS) is 15.6. The monoisotopic (exact) mass is 446 g/mol. The molecular formula is C27H34N4O2. The first kappa shape index (κ1) is 23.4. The molecule has 1 atom stereocenters. The van der Waals surface area contributed by atoms with Crippen molar-refractivity contribution in [3.05, 3.63) is 77.0 Å². The molecule has 174 valence electrons. The van der Waals surface area contributed by atoms with E-state index in [0.717, 1.165) is 55.5 Å². The van der Waals surface area contributed by atoms with Crippen LogP contribution in [-0.2, 0) is 11.2 Å². The minimum Gasteiger partial charge on any atom is -0.389 e. The van der Waals surface area contributed by atoms with Gasteiger partial charge in [0.15, 0.2) is 5.82 Å². The topological polar surface area (TPSA) is 61.7 Å². The van der Waals surface area contributed by atoms with Crippen LogP contribution in [0.1, 0.15) is 22.4 Å². The number of aliphatic hydroxyl groups excluding tert-OH is 1. The molecule has 2 aromatic carbocycles. The van der Waals surface area contributed by atoms with Crippen LogP contribution < -0.4 is 4.90 Å². The van der Waals surface area contributed by atoms with E-state index >= 15 is 0 Å². The zero-order valence-electron chi connectivity index (χ0n) is 19.9. The standard InChI is InChI=1S/C27H34N4O2/c1-20-9-11-22(12-10-20)17-25-21(2)28-26(23-7-5-4-6-8-23)29-27(25)31-15-13-30(14-16-31)18-24(32)19-33-3/h4-12,24,32H,13-19H2,1-3H3/t24-/m0/s1. The van der Waals surface area contributed by atoms with Gasteiger partial charge in [0.05, 0.1) is 12.7 Å². The number of aromatic nitrogens is 2. The number of β-amino-alcohol motifs (C(OH)–C–C–N with tert-alkyl or cyclic N) is 1. The van der Waals surface area contributed by atoms with Crippen molar-refractivity contribution in [3.63, 3.8) is 0 Å². The number of anilines is 1. The van der Waals surface area contributed by atoms with Crippen molar-refractivity contribution in [2.45, 2.75) is 26.4 Å². The summed E-state index contributed by atoms with van der Waals surface area (Å²) in [6.45, 7) is 8.71. The molecule has 1 aliphatic heterocycles. The fraction of sp³-hybridized carbons (Fsp3) is 0.407. The molecule has 4 rings (SSSR count). The zero-order chi connectivity index (χ0) is 23.2. The van der Waals surface area contributed by atoms with Gasteiger partial charge in [0, 0.05) is 63.1 Å². The van der Waals surface area contributed by atoms with Gasteiger partial charge in [-0.2, -0.15) is 0 Å². The Labute approximate surface area is 196 Å². The Morgan fingerprint density at radius 3 is 2.30 bits per heavy atom. The minimum atomic E-state index is -0.454. The molecule has 0 saturated carbocycles. The van der Waals surface area contributed by atoms with E-state index in [0.29, 0.717) is 13.2 Å². The Morgan fingerprint density at radius 2 is 1.64 bits per heavy atom. The molecule has 0 unspecified atom stereocenters. The highest BCUT2D eigenvalue weighted by molar-refractivity contribution is 5.61. The van der Waals surface area contributed by atoms with Crippen LogP contribution in [0.25, 0.3) is 11.4 Å². The summed E-state index contributed by atoms with van der Waals surface area (Å²) in [6, 6.07) is 18.9. The third-order valence-electron chi connectivity index (χ3n) is 6.23. The molecule has 0 bridgehead atoms. The Kier molecular flexibility index (Phi) is 7.70. The van der Waals surface area contributed by atoms with E-state index < -0.39 is 6.10 Å². The Morgan fingerprint density at radius 1 is 0.939 bits per heavy atom. The molecule has 1 aliphatic rings. The van der Waals surface area contributed by atoms with E-state index in [2.05, 4.69) is 60.0 Å². The fourth-order valence-corrected chi connectivity index (χ4v) is 4.36. The predicted molar refractivity (Wildman–Crippen MR) is 133 cm³/mol. The van der Waals surface area contributed by atoms with Crippen LogP contribution >= 0.6 is 0 Å². The van der Waals surface area contributed by atoms with Crippen LogP contribution in [0.2, 0.25) is 0 Å². The number of piperazine rings is 1. The van der Waals surface area contributed by atoms with Gasteiger partial charge in [-0.25, -0.2) is 9.97 Å². The van der Waals surface area contributed by atoms with Gasteiger partial charge in [-0.05, 0) is 19.4 Å².